The first-order valence-electron chi connectivity index (χ1n) is 11.2. The number of nitrogens with one attached hydrogen (secondary N) is 1. The number of carbonyl (C=O) groups is 2. The molecule has 0 saturated heterocycles. The van der Waals surface area contributed by atoms with Crippen molar-refractivity contribution in [2.45, 2.75) is 31.7 Å². The highest BCUT2D eigenvalue weighted by molar-refractivity contribution is 7.92. The van der Waals surface area contributed by atoms with Crippen LogP contribution in [0, 0.1) is 6.92 Å². The van der Waals surface area contributed by atoms with E-state index in [1.165, 1.54) is 12.1 Å². The molecule has 0 aliphatic carbocycles. The van der Waals surface area contributed by atoms with E-state index in [0.29, 0.717) is 34.0 Å². The van der Waals surface area contributed by atoms with E-state index >= 15 is 0 Å². The molecule has 0 atom stereocenters. The summed E-state index contributed by atoms with van der Waals surface area (Å²) in [5, 5.41) is 11.9. The summed E-state index contributed by atoms with van der Waals surface area (Å²) in [5.74, 6) is -1.28. The SMILES string of the molecule is CCc1c(Cl)cccc1N(CC(=O)NCc1cccc(OCC(=O)O)c1)S(=O)(=O)c1ccc(C)cc1. The van der Waals surface area contributed by atoms with Gasteiger partial charge in [-0.3, -0.25) is 9.10 Å². The van der Waals surface area contributed by atoms with Gasteiger partial charge in [0.1, 0.15) is 12.3 Å². The van der Waals surface area contributed by atoms with Gasteiger partial charge in [-0.05, 0) is 60.9 Å². The number of anilines is 1. The molecular weight excluding hydrogens is 504 g/mol. The number of ether oxygens (including phenoxy) is 1. The van der Waals surface area contributed by atoms with E-state index in [2.05, 4.69) is 5.32 Å². The maximum atomic E-state index is 13.6. The maximum absolute atomic E-state index is 13.6. The monoisotopic (exact) mass is 530 g/mol. The third-order valence-electron chi connectivity index (χ3n) is 5.36. The zero-order valence-electron chi connectivity index (χ0n) is 19.9. The van der Waals surface area contributed by atoms with Crippen molar-refractivity contribution in [2.75, 3.05) is 17.5 Å². The first kappa shape index (κ1) is 27.0. The molecule has 2 N–H and O–H groups in total. The molecule has 3 aromatic rings. The van der Waals surface area contributed by atoms with E-state index in [0.717, 1.165) is 9.87 Å². The molecule has 1 amide bonds. The van der Waals surface area contributed by atoms with E-state index in [9.17, 15) is 18.0 Å². The standard InChI is InChI=1S/C26H27ClN2O6S/c1-3-22-23(27)8-5-9-24(22)29(36(33,34)21-12-10-18(2)11-13-21)16-25(30)28-15-19-6-4-7-20(14-19)35-17-26(31)32/h4-14H,3,15-17H2,1-2H3,(H,28,30)(H,31,32). The minimum atomic E-state index is -4.08. The lowest BCUT2D eigenvalue weighted by Crippen LogP contribution is -2.41. The number of sulfonamides is 1. The van der Waals surface area contributed by atoms with Crippen molar-refractivity contribution in [1.29, 1.82) is 0 Å². The highest BCUT2D eigenvalue weighted by atomic mass is 35.5. The smallest absolute Gasteiger partial charge is 0.341 e. The topological polar surface area (TPSA) is 113 Å². The van der Waals surface area contributed by atoms with Crippen LogP contribution in [0.2, 0.25) is 5.02 Å². The van der Waals surface area contributed by atoms with Crippen LogP contribution in [0.1, 0.15) is 23.6 Å². The third-order valence-corrected chi connectivity index (χ3v) is 7.49. The number of aryl methyl sites for hydroxylation is 1. The molecule has 3 aromatic carbocycles. The number of carboxylic acids is 1. The van der Waals surface area contributed by atoms with Crippen molar-refractivity contribution in [1.82, 2.24) is 5.32 Å². The Morgan fingerprint density at radius 2 is 1.75 bits per heavy atom. The normalized spacial score (nSPS) is 11.1. The van der Waals surface area contributed by atoms with E-state index in [1.807, 2.05) is 13.8 Å². The van der Waals surface area contributed by atoms with E-state index in [1.54, 1.807) is 54.6 Å². The summed E-state index contributed by atoms with van der Waals surface area (Å²) in [4.78, 5) is 23.7. The van der Waals surface area contributed by atoms with Crippen LogP contribution < -0.4 is 14.4 Å². The summed E-state index contributed by atoms with van der Waals surface area (Å²) >= 11 is 6.36. The molecule has 10 heteroatoms. The number of aliphatic carboxylic acids is 1. The number of carboxylic acid groups (broad SMARTS) is 1. The number of amides is 1. The Morgan fingerprint density at radius 3 is 2.42 bits per heavy atom. The van der Waals surface area contributed by atoms with Gasteiger partial charge in [0.15, 0.2) is 6.61 Å². The molecule has 0 aromatic heterocycles. The molecule has 8 nitrogen and oxygen atoms in total. The van der Waals surface area contributed by atoms with Gasteiger partial charge in [-0.25, -0.2) is 13.2 Å². The average molecular weight is 531 g/mol. The third kappa shape index (κ3) is 6.77. The summed E-state index contributed by atoms with van der Waals surface area (Å²) in [5.41, 5.74) is 2.52. The predicted octanol–water partition coefficient (Wildman–Crippen LogP) is 4.19. The maximum Gasteiger partial charge on any atom is 0.341 e. The Labute approximate surface area is 215 Å². The number of carbonyl (C=O) groups excluding carboxylic acids is 1. The van der Waals surface area contributed by atoms with E-state index < -0.39 is 35.1 Å². The first-order valence-corrected chi connectivity index (χ1v) is 13.0. The molecule has 0 spiro atoms. The lowest BCUT2D eigenvalue weighted by Gasteiger charge is -2.26. The molecular formula is C26H27ClN2O6S. The average Bonchev–Trinajstić information content (AvgIpc) is 2.85. The zero-order valence-corrected chi connectivity index (χ0v) is 21.5. The molecule has 36 heavy (non-hydrogen) atoms. The van der Waals surface area contributed by atoms with E-state index in [4.69, 9.17) is 21.4 Å². The summed E-state index contributed by atoms with van der Waals surface area (Å²) < 4.78 is 33.5. The molecule has 0 fully saturated rings. The van der Waals surface area contributed by atoms with Crippen molar-refractivity contribution >= 4 is 39.2 Å². The lowest BCUT2D eigenvalue weighted by atomic mass is 10.1. The second-order valence-electron chi connectivity index (χ2n) is 8.02. The van der Waals surface area contributed by atoms with Crippen molar-refractivity contribution < 1.29 is 27.9 Å². The molecule has 190 valence electrons. The number of nitrogens with zero attached hydrogens (tertiary/aromatic N) is 1. The largest absolute Gasteiger partial charge is 0.482 e. The predicted molar refractivity (Wildman–Crippen MR) is 138 cm³/mol. The quantitative estimate of drug-likeness (QED) is 0.384. The Hall–Kier alpha value is -3.56. The minimum absolute atomic E-state index is 0.0613. The molecule has 0 unspecified atom stereocenters. The van der Waals surface area contributed by atoms with Crippen molar-refractivity contribution in [3.05, 3.63) is 88.4 Å². The van der Waals surface area contributed by atoms with Crippen LogP contribution in [0.15, 0.2) is 71.6 Å². The first-order chi connectivity index (χ1) is 17.1. The number of rotatable bonds is 11. The molecule has 0 aliphatic heterocycles. The fourth-order valence-corrected chi connectivity index (χ4v) is 5.30. The van der Waals surface area contributed by atoms with Gasteiger partial charge in [-0.2, -0.15) is 0 Å². The summed E-state index contributed by atoms with van der Waals surface area (Å²) in [6.45, 7) is 2.87. The van der Waals surface area contributed by atoms with Crippen LogP contribution in [0.3, 0.4) is 0 Å². The van der Waals surface area contributed by atoms with Crippen molar-refractivity contribution in [3.8, 4) is 5.75 Å². The van der Waals surface area contributed by atoms with Crippen LogP contribution in [0.4, 0.5) is 5.69 Å². The Bertz CT molecular complexity index is 1340. The molecule has 0 radical (unpaired) electrons. The van der Waals surface area contributed by atoms with Crippen LogP contribution in [-0.2, 0) is 32.6 Å². The van der Waals surface area contributed by atoms with Crippen molar-refractivity contribution in [3.63, 3.8) is 0 Å². The highest BCUT2D eigenvalue weighted by Crippen LogP contribution is 2.32. The van der Waals surface area contributed by atoms with Gasteiger partial charge in [0.2, 0.25) is 5.91 Å². The van der Waals surface area contributed by atoms with Gasteiger partial charge >= 0.3 is 5.97 Å². The van der Waals surface area contributed by atoms with Crippen LogP contribution >= 0.6 is 11.6 Å². The Balaban J connectivity index is 1.85. The lowest BCUT2D eigenvalue weighted by molar-refractivity contribution is -0.139. The summed E-state index contributed by atoms with van der Waals surface area (Å²) in [6, 6.07) is 18.0. The number of benzene rings is 3. The summed E-state index contributed by atoms with van der Waals surface area (Å²) in [7, 11) is -4.08. The fourth-order valence-electron chi connectivity index (χ4n) is 3.55. The Kier molecular flexibility index (Phi) is 8.95. The van der Waals surface area contributed by atoms with Gasteiger partial charge < -0.3 is 15.2 Å². The summed E-state index contributed by atoms with van der Waals surface area (Å²) in [6.07, 6.45) is 0.472. The number of halogens is 1. The van der Waals surface area contributed by atoms with Crippen molar-refractivity contribution in [2.24, 2.45) is 0 Å². The second-order valence-corrected chi connectivity index (χ2v) is 10.3. The van der Waals surface area contributed by atoms with Crippen LogP contribution in [0.25, 0.3) is 0 Å². The zero-order chi connectivity index (χ0) is 26.3. The molecule has 0 saturated carbocycles. The number of hydrogen-bond donors (Lipinski definition) is 2. The fraction of sp³-hybridized carbons (Fsp3) is 0.231. The van der Waals surface area contributed by atoms with Crippen LogP contribution in [0.5, 0.6) is 5.75 Å². The second kappa shape index (κ2) is 11.9. The van der Waals surface area contributed by atoms with E-state index in [-0.39, 0.29) is 11.4 Å². The molecule has 0 bridgehead atoms. The van der Waals surface area contributed by atoms with Gasteiger partial charge in [0.05, 0.1) is 10.6 Å². The van der Waals surface area contributed by atoms with Gasteiger partial charge in [-0.15, -0.1) is 0 Å². The Morgan fingerprint density at radius 1 is 1.06 bits per heavy atom. The van der Waals surface area contributed by atoms with Crippen LogP contribution in [-0.4, -0.2) is 38.6 Å². The minimum Gasteiger partial charge on any atom is -0.482 e. The molecule has 0 heterocycles. The van der Waals surface area contributed by atoms with Gasteiger partial charge in [0.25, 0.3) is 10.0 Å². The highest BCUT2D eigenvalue weighted by Gasteiger charge is 2.29. The van der Waals surface area contributed by atoms with Gasteiger partial charge in [-0.1, -0.05) is 54.4 Å². The molecule has 3 rings (SSSR count). The molecule has 0 aliphatic rings. The number of hydrogen-bond acceptors (Lipinski definition) is 5. The van der Waals surface area contributed by atoms with Gasteiger partial charge in [0, 0.05) is 11.6 Å².